The zero-order valence-corrected chi connectivity index (χ0v) is 19.3. The molecule has 166 valence electrons. The van der Waals surface area contributed by atoms with Crippen LogP contribution in [-0.4, -0.2) is 50.7 Å². The monoisotopic (exact) mass is 448 g/mol. The van der Waals surface area contributed by atoms with Crippen LogP contribution < -0.4 is 14.8 Å². The lowest BCUT2D eigenvalue weighted by atomic mass is 9.99. The Labute approximate surface area is 192 Å². The van der Waals surface area contributed by atoms with E-state index in [2.05, 4.69) is 34.5 Å². The molecule has 0 saturated carbocycles. The molecular formula is C26H28N2O3S. The van der Waals surface area contributed by atoms with E-state index < -0.39 is 0 Å². The van der Waals surface area contributed by atoms with Gasteiger partial charge in [-0.3, -0.25) is 9.69 Å². The van der Waals surface area contributed by atoms with Gasteiger partial charge in [-0.05, 0) is 72.7 Å². The van der Waals surface area contributed by atoms with Gasteiger partial charge < -0.3 is 14.8 Å². The van der Waals surface area contributed by atoms with Crippen LogP contribution in [0.2, 0.25) is 0 Å². The average molecular weight is 449 g/mol. The van der Waals surface area contributed by atoms with E-state index in [4.69, 9.17) is 9.47 Å². The molecule has 1 unspecified atom stereocenters. The van der Waals surface area contributed by atoms with Crippen molar-refractivity contribution in [2.45, 2.75) is 25.3 Å². The Hall–Kier alpha value is -2.83. The van der Waals surface area contributed by atoms with Crippen LogP contribution in [0.1, 0.15) is 33.6 Å². The number of carbonyl (C=O) groups is 1. The lowest BCUT2D eigenvalue weighted by Gasteiger charge is -2.28. The lowest BCUT2D eigenvalue weighted by molar-refractivity contribution is 0.0966. The molecule has 2 aromatic carbocycles. The highest BCUT2D eigenvalue weighted by molar-refractivity contribution is 7.21. The third kappa shape index (κ3) is 4.00. The minimum absolute atomic E-state index is 0.0136. The molecule has 1 N–H and O–H groups in total. The van der Waals surface area contributed by atoms with Gasteiger partial charge in [0.05, 0.1) is 12.0 Å². The van der Waals surface area contributed by atoms with Crippen molar-refractivity contribution in [2.75, 3.05) is 33.9 Å². The Morgan fingerprint density at radius 2 is 2.16 bits per heavy atom. The Morgan fingerprint density at radius 1 is 1.28 bits per heavy atom. The zero-order valence-electron chi connectivity index (χ0n) is 18.5. The Balaban J connectivity index is 1.38. The normalized spacial score (nSPS) is 18.2. The molecule has 0 spiro atoms. The van der Waals surface area contributed by atoms with Gasteiger partial charge in [-0.2, -0.15) is 0 Å². The lowest BCUT2D eigenvalue weighted by Crippen LogP contribution is -2.34. The molecule has 1 saturated heterocycles. The Bertz CT molecular complexity index is 1180. The fourth-order valence-electron chi connectivity index (χ4n) is 4.85. The highest BCUT2D eigenvalue weighted by Crippen LogP contribution is 2.35. The first-order valence-electron chi connectivity index (χ1n) is 11.1. The SMILES string of the molecule is CNC(=O)c1sc2ccccc2c1CC1CCCN1CC1=Cc2cc(OC)ccc2OC1. The van der Waals surface area contributed by atoms with Crippen molar-refractivity contribution < 1.29 is 14.3 Å². The van der Waals surface area contributed by atoms with Crippen molar-refractivity contribution in [3.05, 3.63) is 64.0 Å². The molecule has 0 bridgehead atoms. The molecule has 1 aromatic heterocycles. The summed E-state index contributed by atoms with van der Waals surface area (Å²) in [5.41, 5.74) is 3.54. The van der Waals surface area contributed by atoms with E-state index in [-0.39, 0.29) is 5.91 Å². The predicted molar refractivity (Wildman–Crippen MR) is 130 cm³/mol. The summed E-state index contributed by atoms with van der Waals surface area (Å²) in [5, 5.41) is 4.04. The second-order valence-corrected chi connectivity index (χ2v) is 9.50. The van der Waals surface area contributed by atoms with Gasteiger partial charge in [-0.25, -0.2) is 0 Å². The zero-order chi connectivity index (χ0) is 22.1. The summed E-state index contributed by atoms with van der Waals surface area (Å²) in [6.45, 7) is 2.58. The number of hydrogen-bond donors (Lipinski definition) is 1. The largest absolute Gasteiger partial charge is 0.497 e. The number of methoxy groups -OCH3 is 1. The van der Waals surface area contributed by atoms with E-state index in [0.717, 1.165) is 47.9 Å². The molecule has 1 atom stereocenters. The number of carbonyl (C=O) groups excluding carboxylic acids is 1. The molecule has 0 aliphatic carbocycles. The van der Waals surface area contributed by atoms with E-state index in [1.165, 1.54) is 27.6 Å². The molecule has 1 amide bonds. The Kier molecular flexibility index (Phi) is 5.89. The van der Waals surface area contributed by atoms with Gasteiger partial charge in [0.2, 0.25) is 0 Å². The average Bonchev–Trinajstić information content (AvgIpc) is 3.42. The van der Waals surface area contributed by atoms with Gasteiger partial charge >= 0.3 is 0 Å². The number of nitrogens with one attached hydrogen (secondary N) is 1. The van der Waals surface area contributed by atoms with Gasteiger partial charge in [0.15, 0.2) is 0 Å². The summed E-state index contributed by atoms with van der Waals surface area (Å²) in [6, 6.07) is 14.7. The quantitative estimate of drug-likeness (QED) is 0.591. The van der Waals surface area contributed by atoms with Gasteiger partial charge in [0, 0.05) is 29.9 Å². The van der Waals surface area contributed by atoms with Crippen LogP contribution in [0.3, 0.4) is 0 Å². The highest BCUT2D eigenvalue weighted by atomic mass is 32.1. The molecule has 3 aromatic rings. The van der Waals surface area contributed by atoms with Crippen LogP contribution in [-0.2, 0) is 6.42 Å². The number of likely N-dealkylation sites (tertiary alicyclic amines) is 1. The third-order valence-electron chi connectivity index (χ3n) is 6.47. The van der Waals surface area contributed by atoms with Gasteiger partial charge in [0.1, 0.15) is 18.1 Å². The first-order chi connectivity index (χ1) is 15.7. The van der Waals surface area contributed by atoms with Crippen molar-refractivity contribution >= 4 is 33.4 Å². The molecular weight excluding hydrogens is 420 g/mol. The van der Waals surface area contributed by atoms with Gasteiger partial charge in [-0.15, -0.1) is 11.3 Å². The maximum atomic E-state index is 12.6. The van der Waals surface area contributed by atoms with Crippen molar-refractivity contribution in [1.82, 2.24) is 10.2 Å². The predicted octanol–water partition coefficient (Wildman–Crippen LogP) is 4.75. The standard InChI is InChI=1S/C26H28N2O3S/c1-27-26(29)25-22(21-7-3-4-8-24(21)32-25)14-19-6-5-11-28(19)15-17-12-18-13-20(30-2)9-10-23(18)31-16-17/h3-4,7-10,12-13,19H,5-6,11,14-16H2,1-2H3,(H,27,29). The number of ether oxygens (including phenoxy) is 2. The van der Waals surface area contributed by atoms with Crippen LogP contribution in [0.15, 0.2) is 48.0 Å². The number of benzene rings is 2. The topological polar surface area (TPSA) is 50.8 Å². The summed E-state index contributed by atoms with van der Waals surface area (Å²) < 4.78 is 12.6. The number of rotatable bonds is 6. The molecule has 3 heterocycles. The summed E-state index contributed by atoms with van der Waals surface area (Å²) in [6.07, 6.45) is 5.47. The smallest absolute Gasteiger partial charge is 0.261 e. The number of nitrogens with zero attached hydrogens (tertiary/aromatic N) is 1. The van der Waals surface area contributed by atoms with Crippen molar-refractivity contribution in [3.63, 3.8) is 0 Å². The van der Waals surface area contributed by atoms with Crippen molar-refractivity contribution in [3.8, 4) is 11.5 Å². The van der Waals surface area contributed by atoms with Gasteiger partial charge in [0.25, 0.3) is 5.91 Å². The molecule has 0 radical (unpaired) electrons. The van der Waals surface area contributed by atoms with Crippen LogP contribution in [0.25, 0.3) is 16.2 Å². The number of hydrogen-bond acceptors (Lipinski definition) is 5. The summed E-state index contributed by atoms with van der Waals surface area (Å²) >= 11 is 1.60. The number of thiophene rings is 1. The fraction of sp³-hybridized carbons (Fsp3) is 0.346. The summed E-state index contributed by atoms with van der Waals surface area (Å²) in [7, 11) is 3.40. The summed E-state index contributed by atoms with van der Waals surface area (Å²) in [5.74, 6) is 1.77. The Morgan fingerprint density at radius 3 is 3.00 bits per heavy atom. The molecule has 6 heteroatoms. The van der Waals surface area contributed by atoms with Crippen molar-refractivity contribution in [2.24, 2.45) is 0 Å². The minimum Gasteiger partial charge on any atom is -0.497 e. The highest BCUT2D eigenvalue weighted by Gasteiger charge is 2.29. The fourth-order valence-corrected chi connectivity index (χ4v) is 6.03. The van der Waals surface area contributed by atoms with Crippen LogP contribution in [0.5, 0.6) is 11.5 Å². The molecule has 5 nitrogen and oxygen atoms in total. The third-order valence-corrected chi connectivity index (χ3v) is 7.68. The second kappa shape index (κ2) is 8.96. The van der Waals surface area contributed by atoms with E-state index in [1.54, 1.807) is 25.5 Å². The van der Waals surface area contributed by atoms with Crippen LogP contribution in [0.4, 0.5) is 0 Å². The second-order valence-electron chi connectivity index (χ2n) is 8.45. The van der Waals surface area contributed by atoms with E-state index in [0.29, 0.717) is 12.6 Å². The molecule has 1 fully saturated rings. The molecule has 2 aliphatic rings. The van der Waals surface area contributed by atoms with E-state index >= 15 is 0 Å². The number of amides is 1. The van der Waals surface area contributed by atoms with Crippen LogP contribution in [0, 0.1) is 0 Å². The maximum Gasteiger partial charge on any atom is 0.261 e. The van der Waals surface area contributed by atoms with Crippen molar-refractivity contribution in [1.29, 1.82) is 0 Å². The maximum absolute atomic E-state index is 12.6. The summed E-state index contributed by atoms with van der Waals surface area (Å²) in [4.78, 5) is 16.0. The van der Waals surface area contributed by atoms with Crippen LogP contribution >= 0.6 is 11.3 Å². The minimum atomic E-state index is 0.0136. The first-order valence-corrected chi connectivity index (χ1v) is 11.9. The molecule has 2 aliphatic heterocycles. The number of fused-ring (bicyclic) bond motifs is 2. The first kappa shape index (κ1) is 21.0. The van der Waals surface area contributed by atoms with Gasteiger partial charge in [-0.1, -0.05) is 18.2 Å². The molecule has 32 heavy (non-hydrogen) atoms. The van der Waals surface area contributed by atoms with E-state index in [9.17, 15) is 4.79 Å². The molecule has 5 rings (SSSR count). The van der Waals surface area contributed by atoms with E-state index in [1.807, 2.05) is 24.3 Å².